The molecule has 0 saturated heterocycles. The number of carboxylic acid groups (broad SMARTS) is 1. The molecule has 1 aromatic rings. The van der Waals surface area contributed by atoms with Gasteiger partial charge in [-0.15, -0.1) is 0 Å². The van der Waals surface area contributed by atoms with E-state index >= 15 is 0 Å². The molecule has 0 radical (unpaired) electrons. The summed E-state index contributed by atoms with van der Waals surface area (Å²) < 4.78 is 5.18. The number of hydrogen-bond acceptors (Lipinski definition) is 3. The lowest BCUT2D eigenvalue weighted by Gasteiger charge is -2.24. The van der Waals surface area contributed by atoms with E-state index in [1.54, 1.807) is 7.11 Å². The van der Waals surface area contributed by atoms with Crippen molar-refractivity contribution < 1.29 is 14.6 Å². The van der Waals surface area contributed by atoms with Crippen LogP contribution < -0.4 is 4.74 Å². The van der Waals surface area contributed by atoms with Crippen molar-refractivity contribution in [3.8, 4) is 5.75 Å². The van der Waals surface area contributed by atoms with E-state index in [9.17, 15) is 4.79 Å². The summed E-state index contributed by atoms with van der Waals surface area (Å²) in [6.07, 6.45) is 0.759. The van der Waals surface area contributed by atoms with E-state index in [0.717, 1.165) is 11.3 Å². The Hall–Kier alpha value is -1.55. The lowest BCUT2D eigenvalue weighted by atomic mass is 10.0. The lowest BCUT2D eigenvalue weighted by Crippen LogP contribution is -2.20. The molecule has 0 aromatic heterocycles. The van der Waals surface area contributed by atoms with Crippen LogP contribution in [0.2, 0.25) is 0 Å². The van der Waals surface area contributed by atoms with Gasteiger partial charge in [0.1, 0.15) is 5.75 Å². The first kappa shape index (κ1) is 13.5. The SMILES string of the molecule is COc1cccc(C(CCC(=O)O)N(C)C)c1. The molecule has 0 aliphatic heterocycles. The molecule has 0 fully saturated rings. The van der Waals surface area contributed by atoms with Crippen LogP contribution in [-0.2, 0) is 4.79 Å². The van der Waals surface area contributed by atoms with Crippen molar-refractivity contribution in [1.29, 1.82) is 0 Å². The third-order valence-corrected chi connectivity index (χ3v) is 2.73. The van der Waals surface area contributed by atoms with E-state index < -0.39 is 5.97 Å². The van der Waals surface area contributed by atoms with Gasteiger partial charge in [0.25, 0.3) is 0 Å². The summed E-state index contributed by atoms with van der Waals surface area (Å²) in [6, 6.07) is 7.85. The van der Waals surface area contributed by atoms with E-state index in [0.29, 0.717) is 6.42 Å². The molecule has 1 N–H and O–H groups in total. The van der Waals surface area contributed by atoms with Gasteiger partial charge in [-0.2, -0.15) is 0 Å². The number of aliphatic carboxylic acids is 1. The molecule has 0 saturated carbocycles. The highest BCUT2D eigenvalue weighted by atomic mass is 16.5. The topological polar surface area (TPSA) is 49.8 Å². The molecule has 1 aromatic carbocycles. The zero-order chi connectivity index (χ0) is 12.8. The summed E-state index contributed by atoms with van der Waals surface area (Å²) in [7, 11) is 5.53. The molecular formula is C13H19NO3. The van der Waals surface area contributed by atoms with Crippen molar-refractivity contribution in [1.82, 2.24) is 4.90 Å². The zero-order valence-corrected chi connectivity index (χ0v) is 10.5. The highest BCUT2D eigenvalue weighted by Crippen LogP contribution is 2.26. The van der Waals surface area contributed by atoms with Gasteiger partial charge in [0.05, 0.1) is 7.11 Å². The Morgan fingerprint density at radius 3 is 2.71 bits per heavy atom. The second-order valence-corrected chi connectivity index (χ2v) is 4.19. The Labute approximate surface area is 102 Å². The highest BCUT2D eigenvalue weighted by molar-refractivity contribution is 5.66. The third-order valence-electron chi connectivity index (χ3n) is 2.73. The van der Waals surface area contributed by atoms with Crippen molar-refractivity contribution in [2.45, 2.75) is 18.9 Å². The molecule has 4 heteroatoms. The van der Waals surface area contributed by atoms with E-state index in [1.807, 2.05) is 43.3 Å². The van der Waals surface area contributed by atoms with Crippen LogP contribution in [0.4, 0.5) is 0 Å². The number of rotatable bonds is 6. The summed E-state index contributed by atoms with van der Waals surface area (Å²) in [5.74, 6) is 0.0319. The molecule has 1 rings (SSSR count). The summed E-state index contributed by atoms with van der Waals surface area (Å²) in [5.41, 5.74) is 1.08. The first-order valence-corrected chi connectivity index (χ1v) is 5.56. The minimum Gasteiger partial charge on any atom is -0.497 e. The Kier molecular flexibility index (Phi) is 4.97. The normalized spacial score (nSPS) is 12.5. The quantitative estimate of drug-likeness (QED) is 0.823. The molecule has 0 spiro atoms. The van der Waals surface area contributed by atoms with Crippen molar-refractivity contribution in [3.63, 3.8) is 0 Å². The maximum atomic E-state index is 10.6. The molecule has 17 heavy (non-hydrogen) atoms. The predicted molar refractivity (Wildman–Crippen MR) is 66.3 cm³/mol. The number of ether oxygens (including phenoxy) is 1. The van der Waals surface area contributed by atoms with E-state index in [4.69, 9.17) is 9.84 Å². The largest absolute Gasteiger partial charge is 0.497 e. The lowest BCUT2D eigenvalue weighted by molar-refractivity contribution is -0.137. The van der Waals surface area contributed by atoms with Crippen LogP contribution in [-0.4, -0.2) is 37.2 Å². The Morgan fingerprint density at radius 1 is 1.47 bits per heavy atom. The number of carbonyl (C=O) groups is 1. The molecule has 4 nitrogen and oxygen atoms in total. The Balaban J connectivity index is 2.84. The number of benzene rings is 1. The summed E-state index contributed by atoms with van der Waals surface area (Å²) >= 11 is 0. The summed E-state index contributed by atoms with van der Waals surface area (Å²) in [6.45, 7) is 0. The molecule has 1 atom stereocenters. The van der Waals surface area contributed by atoms with Crippen LogP contribution in [0.25, 0.3) is 0 Å². The van der Waals surface area contributed by atoms with Crippen LogP contribution in [0.3, 0.4) is 0 Å². The molecule has 1 unspecified atom stereocenters. The van der Waals surface area contributed by atoms with E-state index in [1.165, 1.54) is 0 Å². The van der Waals surface area contributed by atoms with Crippen LogP contribution in [0.1, 0.15) is 24.4 Å². The number of hydrogen-bond donors (Lipinski definition) is 1. The third kappa shape index (κ3) is 4.07. The Bertz CT molecular complexity index is 377. The van der Waals surface area contributed by atoms with Gasteiger partial charge >= 0.3 is 5.97 Å². The fourth-order valence-corrected chi connectivity index (χ4v) is 1.83. The van der Waals surface area contributed by atoms with Gasteiger partial charge in [0.2, 0.25) is 0 Å². The average Bonchev–Trinajstić information content (AvgIpc) is 2.28. The van der Waals surface area contributed by atoms with Crippen molar-refractivity contribution in [3.05, 3.63) is 29.8 Å². The van der Waals surface area contributed by atoms with Gasteiger partial charge in [0, 0.05) is 12.5 Å². The maximum Gasteiger partial charge on any atom is 0.303 e. The standard InChI is InChI=1S/C13H19NO3/c1-14(2)12(7-8-13(15)16)10-5-4-6-11(9-10)17-3/h4-6,9,12H,7-8H2,1-3H3,(H,15,16). The van der Waals surface area contributed by atoms with Gasteiger partial charge in [-0.25, -0.2) is 0 Å². The van der Waals surface area contributed by atoms with Crippen molar-refractivity contribution in [2.24, 2.45) is 0 Å². The molecule has 0 bridgehead atoms. The smallest absolute Gasteiger partial charge is 0.303 e. The van der Waals surface area contributed by atoms with Crippen LogP contribution in [0.15, 0.2) is 24.3 Å². The van der Waals surface area contributed by atoms with Crippen LogP contribution >= 0.6 is 0 Å². The predicted octanol–water partition coefficient (Wildman–Crippen LogP) is 2.16. The second kappa shape index (κ2) is 6.25. The molecule has 94 valence electrons. The van der Waals surface area contributed by atoms with Gasteiger partial charge < -0.3 is 14.7 Å². The molecule has 0 heterocycles. The van der Waals surface area contributed by atoms with Gasteiger partial charge in [-0.1, -0.05) is 12.1 Å². The molecule has 0 aliphatic carbocycles. The first-order valence-electron chi connectivity index (χ1n) is 5.56. The minimum absolute atomic E-state index is 0.0983. The van der Waals surface area contributed by atoms with Gasteiger partial charge in [-0.05, 0) is 38.2 Å². The van der Waals surface area contributed by atoms with Crippen LogP contribution in [0.5, 0.6) is 5.75 Å². The highest BCUT2D eigenvalue weighted by Gasteiger charge is 2.15. The number of methoxy groups -OCH3 is 1. The van der Waals surface area contributed by atoms with E-state index in [-0.39, 0.29) is 12.5 Å². The fourth-order valence-electron chi connectivity index (χ4n) is 1.83. The van der Waals surface area contributed by atoms with Gasteiger partial charge in [0.15, 0.2) is 0 Å². The second-order valence-electron chi connectivity index (χ2n) is 4.19. The maximum absolute atomic E-state index is 10.6. The number of nitrogens with zero attached hydrogens (tertiary/aromatic N) is 1. The van der Waals surface area contributed by atoms with Crippen molar-refractivity contribution >= 4 is 5.97 Å². The monoisotopic (exact) mass is 237 g/mol. The molecular weight excluding hydrogens is 218 g/mol. The van der Waals surface area contributed by atoms with Crippen molar-refractivity contribution in [2.75, 3.05) is 21.2 Å². The van der Waals surface area contributed by atoms with Gasteiger partial charge in [-0.3, -0.25) is 4.79 Å². The Morgan fingerprint density at radius 2 is 2.18 bits per heavy atom. The number of carboxylic acids is 1. The molecule has 0 amide bonds. The summed E-state index contributed by atoms with van der Waals surface area (Å²) in [5, 5.41) is 8.75. The average molecular weight is 237 g/mol. The van der Waals surface area contributed by atoms with Crippen LogP contribution in [0, 0.1) is 0 Å². The van der Waals surface area contributed by atoms with E-state index in [2.05, 4.69) is 0 Å². The molecule has 0 aliphatic rings. The zero-order valence-electron chi connectivity index (χ0n) is 10.5. The minimum atomic E-state index is -0.764. The first-order chi connectivity index (χ1) is 8.04. The summed E-state index contributed by atoms with van der Waals surface area (Å²) in [4.78, 5) is 12.7. The fraction of sp³-hybridized carbons (Fsp3) is 0.462.